The average molecular weight is 448 g/mol. The molecule has 0 aliphatic carbocycles. The summed E-state index contributed by atoms with van der Waals surface area (Å²) >= 11 is 0. The van der Waals surface area contributed by atoms with Crippen LogP contribution >= 0.6 is 0 Å². The zero-order valence-corrected chi connectivity index (χ0v) is 19.5. The largest absolute Gasteiger partial charge is 0.507 e. The number of rotatable bonds is 11. The molecule has 1 aromatic heterocycles. The van der Waals surface area contributed by atoms with Crippen LogP contribution in [0.3, 0.4) is 0 Å². The molecule has 0 fully saturated rings. The third-order valence-corrected chi connectivity index (χ3v) is 5.74. The van der Waals surface area contributed by atoms with Gasteiger partial charge >= 0.3 is 0 Å². The van der Waals surface area contributed by atoms with Gasteiger partial charge in [0.05, 0.1) is 11.3 Å². The first-order chi connectivity index (χ1) is 16.0. The van der Waals surface area contributed by atoms with E-state index in [2.05, 4.69) is 22.4 Å². The third kappa shape index (κ3) is 6.54. The van der Waals surface area contributed by atoms with Crippen LogP contribution in [0.2, 0.25) is 0 Å². The summed E-state index contributed by atoms with van der Waals surface area (Å²) in [5, 5.41) is 25.5. The molecule has 0 bridgehead atoms. The Labute approximate surface area is 195 Å². The highest BCUT2D eigenvalue weighted by Gasteiger charge is 2.14. The Morgan fingerprint density at radius 3 is 2.36 bits per heavy atom. The van der Waals surface area contributed by atoms with Gasteiger partial charge in [0.15, 0.2) is 0 Å². The van der Waals surface area contributed by atoms with Gasteiger partial charge in [-0.15, -0.1) is 0 Å². The van der Waals surface area contributed by atoms with Gasteiger partial charge in [0.1, 0.15) is 17.0 Å². The van der Waals surface area contributed by atoms with Crippen molar-refractivity contribution in [3.63, 3.8) is 0 Å². The number of amides is 1. The first-order valence-electron chi connectivity index (χ1n) is 11.8. The molecule has 33 heavy (non-hydrogen) atoms. The minimum absolute atomic E-state index is 0.0893. The minimum atomic E-state index is -0.470. The zero-order chi connectivity index (χ0) is 23.6. The van der Waals surface area contributed by atoms with Crippen LogP contribution in [0, 0.1) is 6.92 Å². The molecule has 0 saturated heterocycles. The van der Waals surface area contributed by atoms with Crippen LogP contribution < -0.4 is 5.43 Å². The maximum atomic E-state index is 12.6. The molecule has 3 N–H and O–H groups in total. The topological polar surface area (TPSA) is 94.8 Å². The maximum Gasteiger partial charge on any atom is 0.275 e. The number of phenolic OH excluding ortho intramolecular Hbond substituents is 2. The summed E-state index contributed by atoms with van der Waals surface area (Å²) in [4.78, 5) is 17.1. The number of para-hydroxylation sites is 1. The Morgan fingerprint density at radius 2 is 1.61 bits per heavy atom. The third-order valence-electron chi connectivity index (χ3n) is 5.74. The molecule has 1 amide bonds. The number of hydrazone groups is 1. The van der Waals surface area contributed by atoms with Crippen molar-refractivity contribution in [1.82, 2.24) is 10.4 Å². The van der Waals surface area contributed by atoms with Gasteiger partial charge in [0.2, 0.25) is 0 Å². The van der Waals surface area contributed by atoms with Gasteiger partial charge in [0.25, 0.3) is 5.91 Å². The molecule has 6 nitrogen and oxygen atoms in total. The Morgan fingerprint density at radius 1 is 0.879 bits per heavy atom. The first-order valence-corrected chi connectivity index (χ1v) is 11.8. The van der Waals surface area contributed by atoms with E-state index >= 15 is 0 Å². The molecular formula is C27H33N3O3. The predicted octanol–water partition coefficient (Wildman–Crippen LogP) is 6.23. The fourth-order valence-electron chi connectivity index (χ4n) is 3.90. The molecule has 3 rings (SSSR count). The molecule has 0 saturated carbocycles. The van der Waals surface area contributed by atoms with Gasteiger partial charge in [-0.25, -0.2) is 10.4 Å². The molecule has 0 aliphatic heterocycles. The van der Waals surface area contributed by atoms with E-state index in [4.69, 9.17) is 0 Å². The van der Waals surface area contributed by atoms with Crippen LogP contribution in [0.15, 0.2) is 53.6 Å². The van der Waals surface area contributed by atoms with Crippen molar-refractivity contribution in [2.75, 3.05) is 0 Å². The van der Waals surface area contributed by atoms with E-state index in [1.54, 1.807) is 24.3 Å². The first kappa shape index (κ1) is 24.2. The van der Waals surface area contributed by atoms with Crippen molar-refractivity contribution in [1.29, 1.82) is 0 Å². The van der Waals surface area contributed by atoms with Crippen molar-refractivity contribution in [3.8, 4) is 11.5 Å². The fourth-order valence-corrected chi connectivity index (χ4v) is 3.90. The zero-order valence-electron chi connectivity index (χ0n) is 19.5. The number of carbonyl (C=O) groups is 1. The Kier molecular flexibility index (Phi) is 8.81. The molecule has 1 heterocycles. The number of hydrogen-bond donors (Lipinski definition) is 3. The highest BCUT2D eigenvalue weighted by atomic mass is 16.3. The van der Waals surface area contributed by atoms with Crippen LogP contribution in [0.5, 0.6) is 11.5 Å². The number of benzene rings is 2. The number of aromatic hydroxyl groups is 2. The number of nitrogens with zero attached hydrogens (tertiary/aromatic N) is 2. The standard InChI is InChI=1S/C27H33N3O3/c1-3-4-5-6-7-8-9-13-23(29-30-27(33)22-12-10-11-14-24(22)31)20-17-18-25(32)26-21(20)16-15-19(2)28-26/h10-12,14-18,31-32H,3-9,13H2,1-2H3,(H,30,33). The smallest absolute Gasteiger partial charge is 0.275 e. The van der Waals surface area contributed by atoms with E-state index < -0.39 is 5.91 Å². The molecule has 174 valence electrons. The SMILES string of the molecule is CCCCCCCCCC(=NNC(=O)c1ccccc1O)c1ccc(O)c2nc(C)ccc12. The number of nitrogens with one attached hydrogen (secondary N) is 1. The molecule has 0 aliphatic rings. The molecule has 2 aromatic carbocycles. The van der Waals surface area contributed by atoms with E-state index in [-0.39, 0.29) is 17.1 Å². The summed E-state index contributed by atoms with van der Waals surface area (Å²) in [5.74, 6) is -0.443. The maximum absolute atomic E-state index is 12.6. The number of phenols is 2. The monoisotopic (exact) mass is 447 g/mol. The fraction of sp³-hybridized carbons (Fsp3) is 0.370. The molecule has 0 unspecified atom stereocenters. The molecule has 0 spiro atoms. The molecule has 0 atom stereocenters. The summed E-state index contributed by atoms with van der Waals surface area (Å²) in [7, 11) is 0. The summed E-state index contributed by atoms with van der Waals surface area (Å²) in [5.41, 5.74) is 5.67. The van der Waals surface area contributed by atoms with Gasteiger partial charge in [0, 0.05) is 16.6 Å². The van der Waals surface area contributed by atoms with Gasteiger partial charge < -0.3 is 10.2 Å². The van der Waals surface area contributed by atoms with E-state index in [0.29, 0.717) is 11.9 Å². The number of fused-ring (bicyclic) bond motifs is 1. The van der Waals surface area contributed by atoms with E-state index in [1.165, 1.54) is 38.2 Å². The quantitative estimate of drug-likeness (QED) is 0.184. The lowest BCUT2D eigenvalue weighted by atomic mass is 9.98. The second-order valence-electron chi connectivity index (χ2n) is 8.37. The van der Waals surface area contributed by atoms with E-state index in [0.717, 1.165) is 35.2 Å². The van der Waals surface area contributed by atoms with Crippen LogP contribution in [0.25, 0.3) is 10.9 Å². The van der Waals surface area contributed by atoms with Crippen molar-refractivity contribution in [2.24, 2.45) is 5.10 Å². The second-order valence-corrected chi connectivity index (χ2v) is 8.37. The minimum Gasteiger partial charge on any atom is -0.507 e. The Hall–Kier alpha value is -3.41. The lowest BCUT2D eigenvalue weighted by molar-refractivity contribution is 0.0952. The lowest BCUT2D eigenvalue weighted by Crippen LogP contribution is -2.20. The molecular weight excluding hydrogens is 414 g/mol. The highest BCUT2D eigenvalue weighted by Crippen LogP contribution is 2.28. The normalized spacial score (nSPS) is 11.6. The second kappa shape index (κ2) is 12.0. The van der Waals surface area contributed by atoms with Crippen LogP contribution in [0.1, 0.15) is 79.9 Å². The van der Waals surface area contributed by atoms with Gasteiger partial charge in [-0.05, 0) is 50.1 Å². The summed E-state index contributed by atoms with van der Waals surface area (Å²) < 4.78 is 0. The number of aryl methyl sites for hydroxylation is 1. The predicted molar refractivity (Wildman–Crippen MR) is 133 cm³/mol. The van der Waals surface area contributed by atoms with Crippen molar-refractivity contribution in [2.45, 2.75) is 65.2 Å². The molecule has 3 aromatic rings. The Bertz CT molecular complexity index is 1120. The van der Waals surface area contributed by atoms with Crippen LogP contribution in [-0.4, -0.2) is 26.8 Å². The molecule has 6 heteroatoms. The van der Waals surface area contributed by atoms with E-state index in [9.17, 15) is 15.0 Å². The van der Waals surface area contributed by atoms with Crippen LogP contribution in [-0.2, 0) is 0 Å². The molecule has 0 radical (unpaired) electrons. The van der Waals surface area contributed by atoms with E-state index in [1.807, 2.05) is 25.1 Å². The number of hydrogen-bond acceptors (Lipinski definition) is 5. The van der Waals surface area contributed by atoms with Crippen molar-refractivity contribution in [3.05, 3.63) is 65.4 Å². The lowest BCUT2D eigenvalue weighted by Gasteiger charge is -2.12. The summed E-state index contributed by atoms with van der Waals surface area (Å²) in [6, 6.07) is 13.7. The van der Waals surface area contributed by atoms with Crippen molar-refractivity contribution < 1.29 is 15.0 Å². The average Bonchev–Trinajstić information content (AvgIpc) is 2.81. The summed E-state index contributed by atoms with van der Waals surface area (Å²) in [6.07, 6.45) is 8.89. The Balaban J connectivity index is 1.84. The number of unbranched alkanes of at least 4 members (excludes halogenated alkanes) is 6. The van der Waals surface area contributed by atoms with Crippen LogP contribution in [0.4, 0.5) is 0 Å². The van der Waals surface area contributed by atoms with Gasteiger partial charge in [-0.3, -0.25) is 4.79 Å². The number of aromatic nitrogens is 1. The summed E-state index contributed by atoms with van der Waals surface area (Å²) in [6.45, 7) is 4.09. The van der Waals surface area contributed by atoms with Gasteiger partial charge in [-0.1, -0.05) is 63.6 Å². The number of carbonyl (C=O) groups excluding carboxylic acids is 1. The number of pyridine rings is 1. The highest BCUT2D eigenvalue weighted by molar-refractivity contribution is 6.11. The van der Waals surface area contributed by atoms with Crippen molar-refractivity contribution >= 4 is 22.5 Å². The van der Waals surface area contributed by atoms with Gasteiger partial charge in [-0.2, -0.15) is 5.10 Å².